The number of methoxy groups -OCH3 is 2. The molecule has 5 aromatic rings. The molecule has 0 spiro atoms. The number of aliphatic hydroxyl groups is 1. The van der Waals surface area contributed by atoms with Crippen LogP contribution in [0.1, 0.15) is 42.2 Å². The van der Waals surface area contributed by atoms with E-state index in [4.69, 9.17) is 62.6 Å². The number of carboxylic acid groups (broad SMARTS) is 1. The van der Waals surface area contributed by atoms with Gasteiger partial charge in [-0.15, -0.1) is 23.2 Å². The molecule has 0 bridgehead atoms. The number of ether oxygens (including phenoxy) is 4. The van der Waals surface area contributed by atoms with Gasteiger partial charge in [0.25, 0.3) is 0 Å². The molecule has 0 aliphatic rings. The van der Waals surface area contributed by atoms with Gasteiger partial charge < -0.3 is 39.4 Å². The van der Waals surface area contributed by atoms with Crippen molar-refractivity contribution in [2.45, 2.75) is 14.4 Å². The van der Waals surface area contributed by atoms with Crippen molar-refractivity contribution in [2.75, 3.05) is 33.8 Å². The first-order chi connectivity index (χ1) is 29.9. The van der Waals surface area contributed by atoms with E-state index in [0.717, 1.165) is 59.6 Å². The van der Waals surface area contributed by atoms with Gasteiger partial charge in [-0.05, 0) is 101 Å². The Morgan fingerprint density at radius 2 is 0.844 bits per heavy atom. The van der Waals surface area contributed by atoms with Crippen LogP contribution < -0.4 is 53.6 Å². The summed E-state index contributed by atoms with van der Waals surface area (Å²) in [4.78, 5) is 32.4. The van der Waals surface area contributed by atoms with Gasteiger partial charge in [-0.1, -0.05) is 106 Å². The number of aromatic hydroxyl groups is 1. The number of alkyl halides is 2. The SMILES string of the molecule is C.C=Cc1ccc(O)cc1.C=Cc1ccc(OC(=O)/C=C/c2ccc(OC)cc2)cc1.C=Cc1ccc(OC(C)=O)cc1.CO.COc1ccc(/C=C/C(=O)O)cc1.C[O-].ClCCl.[Na+]. The van der Waals surface area contributed by atoms with Crippen molar-refractivity contribution in [2.24, 2.45) is 0 Å². The van der Waals surface area contributed by atoms with Crippen molar-refractivity contribution in [3.63, 3.8) is 0 Å². The van der Waals surface area contributed by atoms with E-state index in [9.17, 15) is 14.4 Å². The Morgan fingerprint density at radius 1 is 0.562 bits per heavy atom. The summed E-state index contributed by atoms with van der Waals surface area (Å²) >= 11 is 9.53. The molecule has 0 aliphatic carbocycles. The van der Waals surface area contributed by atoms with E-state index in [2.05, 4.69) is 19.7 Å². The van der Waals surface area contributed by atoms with Crippen molar-refractivity contribution >= 4 is 71.5 Å². The monoisotopic (exact) mass is 926 g/mol. The van der Waals surface area contributed by atoms with Crippen molar-refractivity contribution < 1.29 is 83.3 Å². The molecule has 0 amide bonds. The molecule has 0 radical (unpaired) electrons. The first-order valence-corrected chi connectivity index (χ1v) is 19.1. The van der Waals surface area contributed by atoms with Crippen LogP contribution in [-0.4, -0.2) is 67.0 Å². The molecule has 0 unspecified atom stereocenters. The molecule has 0 saturated carbocycles. The van der Waals surface area contributed by atoms with Crippen molar-refractivity contribution in [3.05, 3.63) is 181 Å². The van der Waals surface area contributed by atoms with Crippen LogP contribution in [0.25, 0.3) is 30.4 Å². The van der Waals surface area contributed by atoms with Crippen molar-refractivity contribution in [1.82, 2.24) is 0 Å². The van der Waals surface area contributed by atoms with Gasteiger partial charge in [-0.3, -0.25) is 4.79 Å². The fraction of sp³-hybridized carbons (Fsp3) is 0.140. The molecular formula is C50H57Cl2NaO11. The van der Waals surface area contributed by atoms with E-state index in [1.54, 1.807) is 99.2 Å². The third-order valence-electron chi connectivity index (χ3n) is 6.90. The standard InChI is InChI=1S/C18H16O3.C10H10O3.C10H10O2.C8H8O.CH2Cl2.CH4O.CH3O.CH4.Na/c1-3-14-4-11-17(12-5-14)21-18(19)13-8-15-6-9-16(20-2)10-7-15;1-13-9-5-2-8(3-6-9)4-7-10(11)12;1-3-9-4-6-10(7-5-9)12-8(2)11;1-2-7-3-5-8(9)6-4-7;2-1-3;2*1-2;;/h3-13H,1H2,2H3;2-7H,1H3,(H,11,12);3-7H,1H2,2H3;2-6,9H,1H2;1H2;2H,1H3;1H3;1H4;/q;;;;;;-1;;+1/b13-8+;7-4+;;;;;;;. The van der Waals surface area contributed by atoms with E-state index in [0.29, 0.717) is 17.2 Å². The molecule has 0 aliphatic heterocycles. The molecule has 3 N–H and O–H groups in total. The number of halogens is 2. The van der Waals surface area contributed by atoms with Crippen LogP contribution in [0.2, 0.25) is 0 Å². The number of phenols is 1. The Hall–Kier alpha value is -5.89. The maximum absolute atomic E-state index is 11.7. The van der Waals surface area contributed by atoms with Crippen LogP contribution in [-0.2, 0) is 14.4 Å². The second-order valence-corrected chi connectivity index (χ2v) is 11.8. The van der Waals surface area contributed by atoms with E-state index in [-0.39, 0.29) is 48.3 Å². The molecule has 5 aromatic carbocycles. The number of hydrogen-bond acceptors (Lipinski definition) is 10. The first-order valence-electron chi connectivity index (χ1n) is 18.0. The normalized spacial score (nSPS) is 8.89. The second-order valence-electron chi connectivity index (χ2n) is 11.0. The molecule has 0 aromatic heterocycles. The summed E-state index contributed by atoms with van der Waals surface area (Å²) in [6, 6.07) is 35.7. The third kappa shape index (κ3) is 32.8. The Kier molecular flexibility index (Phi) is 42.9. The van der Waals surface area contributed by atoms with Crippen LogP contribution in [0, 0.1) is 0 Å². The first kappa shape index (κ1) is 64.7. The van der Waals surface area contributed by atoms with Gasteiger partial charge in [0.15, 0.2) is 0 Å². The smallest absolute Gasteiger partial charge is 0.857 e. The van der Waals surface area contributed by atoms with Gasteiger partial charge in [-0.25, -0.2) is 9.59 Å². The van der Waals surface area contributed by atoms with Gasteiger partial charge in [0.2, 0.25) is 0 Å². The summed E-state index contributed by atoms with van der Waals surface area (Å²) in [5.41, 5.74) is 4.74. The molecule has 0 fully saturated rings. The Bertz CT molecular complexity index is 2050. The van der Waals surface area contributed by atoms with E-state index < -0.39 is 11.9 Å². The van der Waals surface area contributed by atoms with Gasteiger partial charge in [0.05, 0.1) is 19.6 Å². The Morgan fingerprint density at radius 3 is 1.14 bits per heavy atom. The summed E-state index contributed by atoms with van der Waals surface area (Å²) < 4.78 is 20.1. The number of carbonyl (C=O) groups is 3. The molecule has 14 heteroatoms. The minimum atomic E-state index is -0.948. The molecule has 0 atom stereocenters. The summed E-state index contributed by atoms with van der Waals surface area (Å²) in [6.07, 6.45) is 10.9. The van der Waals surface area contributed by atoms with Gasteiger partial charge in [-0.2, -0.15) is 7.11 Å². The zero-order valence-corrected chi connectivity index (χ0v) is 39.8. The average molecular weight is 928 g/mol. The molecule has 64 heavy (non-hydrogen) atoms. The zero-order chi connectivity index (χ0) is 47.1. The predicted octanol–water partition coefficient (Wildman–Crippen LogP) is 7.69. The average Bonchev–Trinajstić information content (AvgIpc) is 3.31. The van der Waals surface area contributed by atoms with Crippen molar-refractivity contribution in [1.29, 1.82) is 0 Å². The minimum Gasteiger partial charge on any atom is -0.857 e. The minimum absolute atomic E-state index is 0. The Balaban J connectivity index is -0.000000368. The topological polar surface area (TPSA) is 172 Å². The van der Waals surface area contributed by atoms with Crippen molar-refractivity contribution in [3.8, 4) is 28.7 Å². The fourth-order valence-corrected chi connectivity index (χ4v) is 4.03. The van der Waals surface area contributed by atoms with E-state index in [1.807, 2.05) is 60.7 Å². The summed E-state index contributed by atoms with van der Waals surface area (Å²) in [5, 5.41) is 32.6. The number of aliphatic hydroxyl groups excluding tert-OH is 1. The number of hydrogen-bond donors (Lipinski definition) is 3. The maximum atomic E-state index is 11.7. The number of aliphatic carboxylic acids is 1. The number of rotatable bonds is 11. The summed E-state index contributed by atoms with van der Waals surface area (Å²) in [6.45, 7) is 12.2. The largest absolute Gasteiger partial charge is 1.00 e. The zero-order valence-electron chi connectivity index (χ0n) is 36.3. The van der Waals surface area contributed by atoms with Gasteiger partial charge in [0, 0.05) is 26.2 Å². The van der Waals surface area contributed by atoms with Gasteiger partial charge >= 0.3 is 47.5 Å². The summed E-state index contributed by atoms with van der Waals surface area (Å²) in [7, 11) is 4.95. The summed E-state index contributed by atoms with van der Waals surface area (Å²) in [5.74, 6) is 1.22. The molecule has 0 saturated heterocycles. The van der Waals surface area contributed by atoms with Crippen LogP contribution in [0.3, 0.4) is 0 Å². The van der Waals surface area contributed by atoms with E-state index in [1.165, 1.54) is 19.1 Å². The number of benzene rings is 5. The predicted molar refractivity (Wildman–Crippen MR) is 257 cm³/mol. The number of carboxylic acids is 1. The fourth-order valence-electron chi connectivity index (χ4n) is 4.03. The van der Waals surface area contributed by atoms with Gasteiger partial charge in [0.1, 0.15) is 28.7 Å². The van der Waals surface area contributed by atoms with E-state index >= 15 is 0 Å². The third-order valence-corrected chi connectivity index (χ3v) is 6.90. The van der Waals surface area contributed by atoms with Crippen LogP contribution >= 0.6 is 23.2 Å². The molecule has 338 valence electrons. The molecule has 11 nitrogen and oxygen atoms in total. The maximum Gasteiger partial charge on any atom is 1.00 e. The molecular weight excluding hydrogens is 870 g/mol. The quantitative estimate of drug-likeness (QED) is 0.0390. The van der Waals surface area contributed by atoms with Crippen LogP contribution in [0.5, 0.6) is 28.7 Å². The number of esters is 2. The van der Waals surface area contributed by atoms with Crippen LogP contribution in [0.15, 0.2) is 153 Å². The number of carbonyl (C=O) groups excluding carboxylic acids is 2. The molecule has 5 rings (SSSR count). The molecule has 0 heterocycles. The number of phenolic OH excluding ortho intramolecular Hbond substituents is 1. The second kappa shape index (κ2) is 42.4. The Labute approximate surface area is 410 Å². The van der Waals surface area contributed by atoms with Crippen LogP contribution in [0.4, 0.5) is 0 Å².